The highest BCUT2D eigenvalue weighted by atomic mass is 32.2. The first-order chi connectivity index (χ1) is 14.8. The first-order valence-corrected chi connectivity index (χ1v) is 11.6. The molecule has 0 radical (unpaired) electrons. The minimum Gasteiger partial charge on any atom is -0.463 e. The number of rotatable bonds is 9. The molecule has 1 saturated heterocycles. The van der Waals surface area contributed by atoms with Crippen LogP contribution in [0.1, 0.15) is 25.0 Å². The highest BCUT2D eigenvalue weighted by molar-refractivity contribution is 7.89. The SMILES string of the molecule is CCOC(=O)/C=C/c1cccc(F)c1-c1ccc(S(=O)(=O)N(C)CC2CO2)c(CC)c1. The van der Waals surface area contributed by atoms with Gasteiger partial charge in [0.2, 0.25) is 10.0 Å². The van der Waals surface area contributed by atoms with Crippen molar-refractivity contribution in [1.82, 2.24) is 4.31 Å². The van der Waals surface area contributed by atoms with E-state index in [1.807, 2.05) is 6.92 Å². The second-order valence-corrected chi connectivity index (χ2v) is 9.22. The molecule has 2 aromatic rings. The number of carbonyl (C=O) groups excluding carboxylic acids is 1. The maximum atomic E-state index is 14.8. The molecular weight excluding hydrogens is 421 g/mol. The molecule has 0 spiro atoms. The predicted molar refractivity (Wildman–Crippen MR) is 116 cm³/mol. The van der Waals surface area contributed by atoms with E-state index in [4.69, 9.17) is 9.47 Å². The van der Waals surface area contributed by atoms with Crippen molar-refractivity contribution in [3.05, 3.63) is 59.4 Å². The van der Waals surface area contributed by atoms with E-state index >= 15 is 0 Å². The molecule has 1 aliphatic rings. The molecule has 1 heterocycles. The average Bonchev–Trinajstić information content (AvgIpc) is 3.56. The van der Waals surface area contributed by atoms with Gasteiger partial charge in [0.1, 0.15) is 5.82 Å². The number of benzene rings is 2. The second-order valence-electron chi connectivity index (χ2n) is 7.21. The zero-order valence-electron chi connectivity index (χ0n) is 17.8. The number of likely N-dealkylation sites (N-methyl/N-ethyl adjacent to an activating group) is 1. The summed E-state index contributed by atoms with van der Waals surface area (Å²) in [5.41, 5.74) is 1.91. The number of halogens is 1. The highest BCUT2D eigenvalue weighted by Crippen LogP contribution is 2.32. The Morgan fingerprint density at radius 1 is 1.29 bits per heavy atom. The Morgan fingerprint density at radius 3 is 2.68 bits per heavy atom. The fraction of sp³-hybridized carbons (Fsp3) is 0.348. The second kappa shape index (κ2) is 9.72. The van der Waals surface area contributed by atoms with Crippen molar-refractivity contribution in [1.29, 1.82) is 0 Å². The third kappa shape index (κ3) is 5.39. The molecule has 8 heteroatoms. The van der Waals surface area contributed by atoms with Crippen LogP contribution in [-0.4, -0.2) is 51.6 Å². The van der Waals surface area contributed by atoms with Crippen molar-refractivity contribution in [2.24, 2.45) is 0 Å². The molecule has 1 atom stereocenters. The molecule has 166 valence electrons. The van der Waals surface area contributed by atoms with Gasteiger partial charge in [-0.1, -0.05) is 25.1 Å². The third-order valence-corrected chi connectivity index (χ3v) is 6.94. The van der Waals surface area contributed by atoms with Crippen molar-refractivity contribution in [2.75, 3.05) is 26.8 Å². The van der Waals surface area contributed by atoms with Crippen molar-refractivity contribution < 1.29 is 27.1 Å². The molecule has 0 saturated carbocycles. The molecule has 0 amide bonds. The number of carbonyl (C=O) groups is 1. The van der Waals surface area contributed by atoms with E-state index in [1.165, 1.54) is 35.6 Å². The molecular formula is C23H26FNO5S. The molecule has 3 rings (SSSR count). The molecule has 31 heavy (non-hydrogen) atoms. The maximum absolute atomic E-state index is 14.8. The molecule has 1 fully saturated rings. The summed E-state index contributed by atoms with van der Waals surface area (Å²) in [5, 5.41) is 0. The highest BCUT2D eigenvalue weighted by Gasteiger charge is 2.31. The van der Waals surface area contributed by atoms with Crippen LogP contribution in [0.15, 0.2) is 47.4 Å². The molecule has 1 aliphatic heterocycles. The van der Waals surface area contributed by atoms with Crippen molar-refractivity contribution in [3.63, 3.8) is 0 Å². The van der Waals surface area contributed by atoms with Gasteiger partial charge < -0.3 is 9.47 Å². The lowest BCUT2D eigenvalue weighted by molar-refractivity contribution is -0.137. The number of esters is 1. The van der Waals surface area contributed by atoms with Crippen LogP contribution in [0.5, 0.6) is 0 Å². The van der Waals surface area contributed by atoms with Gasteiger partial charge >= 0.3 is 5.97 Å². The number of epoxide rings is 1. The van der Waals surface area contributed by atoms with Gasteiger partial charge in [-0.25, -0.2) is 17.6 Å². The van der Waals surface area contributed by atoms with Gasteiger partial charge in [-0.15, -0.1) is 0 Å². The first kappa shape index (κ1) is 23.1. The Balaban J connectivity index is 2.00. The smallest absolute Gasteiger partial charge is 0.330 e. The molecule has 0 bridgehead atoms. The van der Waals surface area contributed by atoms with E-state index in [2.05, 4.69) is 0 Å². The molecule has 0 aliphatic carbocycles. The number of hydrogen-bond acceptors (Lipinski definition) is 5. The van der Waals surface area contributed by atoms with Crippen LogP contribution in [0.3, 0.4) is 0 Å². The number of nitrogens with zero attached hydrogens (tertiary/aromatic N) is 1. The summed E-state index contributed by atoms with van der Waals surface area (Å²) < 4.78 is 52.1. The Hall–Kier alpha value is -2.55. The lowest BCUT2D eigenvalue weighted by Gasteiger charge is -2.19. The number of ether oxygens (including phenoxy) is 2. The number of sulfonamides is 1. The summed E-state index contributed by atoms with van der Waals surface area (Å²) in [6.45, 7) is 4.66. The summed E-state index contributed by atoms with van der Waals surface area (Å²) in [7, 11) is -2.17. The first-order valence-electron chi connectivity index (χ1n) is 10.1. The summed E-state index contributed by atoms with van der Waals surface area (Å²) in [4.78, 5) is 11.9. The Kier molecular flexibility index (Phi) is 7.25. The van der Waals surface area contributed by atoms with E-state index in [0.717, 1.165) is 0 Å². The zero-order valence-corrected chi connectivity index (χ0v) is 18.6. The van der Waals surface area contributed by atoms with Gasteiger partial charge in [-0.3, -0.25) is 0 Å². The van der Waals surface area contributed by atoms with Gasteiger partial charge in [0.15, 0.2) is 0 Å². The van der Waals surface area contributed by atoms with E-state index in [9.17, 15) is 17.6 Å². The summed E-state index contributed by atoms with van der Waals surface area (Å²) in [6.07, 6.45) is 3.14. The fourth-order valence-corrected chi connectivity index (χ4v) is 4.79. The Labute approximate surface area is 182 Å². The van der Waals surface area contributed by atoms with Gasteiger partial charge in [-0.05, 0) is 54.3 Å². The third-order valence-electron chi connectivity index (χ3n) is 5.01. The van der Waals surface area contributed by atoms with Crippen molar-refractivity contribution in [2.45, 2.75) is 31.3 Å². The topological polar surface area (TPSA) is 76.2 Å². The summed E-state index contributed by atoms with van der Waals surface area (Å²) in [5.74, 6) is -0.984. The number of hydrogen-bond donors (Lipinski definition) is 0. The fourth-order valence-electron chi connectivity index (χ4n) is 3.32. The van der Waals surface area contributed by atoms with Crippen LogP contribution < -0.4 is 0 Å². The number of aryl methyl sites for hydroxylation is 1. The zero-order chi connectivity index (χ0) is 22.6. The molecule has 0 N–H and O–H groups in total. The monoisotopic (exact) mass is 447 g/mol. The molecule has 6 nitrogen and oxygen atoms in total. The quantitative estimate of drug-likeness (QED) is 0.333. The van der Waals surface area contributed by atoms with E-state index in [-0.39, 0.29) is 17.6 Å². The predicted octanol–water partition coefficient (Wildman–Crippen LogP) is 3.65. The van der Waals surface area contributed by atoms with Gasteiger partial charge in [0, 0.05) is 25.2 Å². The van der Waals surface area contributed by atoms with Gasteiger partial charge in [0.05, 0.1) is 24.2 Å². The average molecular weight is 448 g/mol. The molecule has 2 aromatic carbocycles. The van der Waals surface area contributed by atoms with Crippen LogP contribution in [0, 0.1) is 5.82 Å². The van der Waals surface area contributed by atoms with E-state index in [0.29, 0.717) is 41.8 Å². The van der Waals surface area contributed by atoms with E-state index < -0.39 is 21.8 Å². The standard InChI is InChI=1S/C23H26FNO5S/c1-4-16-13-18(9-11-21(16)31(27,28)25(3)14-19-15-30-19)23-17(7-6-8-20(23)24)10-12-22(26)29-5-2/h6-13,19H,4-5,14-15H2,1-3H3/b12-10+. The minimum absolute atomic E-state index is 0.0590. The minimum atomic E-state index is -3.70. The van der Waals surface area contributed by atoms with Crippen molar-refractivity contribution >= 4 is 22.1 Å². The van der Waals surface area contributed by atoms with Crippen LogP contribution in [-0.2, 0) is 30.7 Å². The summed E-state index contributed by atoms with van der Waals surface area (Å²) in [6, 6.07) is 9.36. The van der Waals surface area contributed by atoms with Gasteiger partial charge in [-0.2, -0.15) is 4.31 Å². The summed E-state index contributed by atoms with van der Waals surface area (Å²) >= 11 is 0. The molecule has 0 aromatic heterocycles. The van der Waals surface area contributed by atoms with E-state index in [1.54, 1.807) is 31.2 Å². The lowest BCUT2D eigenvalue weighted by Crippen LogP contribution is -2.31. The molecule has 1 unspecified atom stereocenters. The normalized spacial score (nSPS) is 16.1. The van der Waals surface area contributed by atoms with Crippen LogP contribution in [0.2, 0.25) is 0 Å². The van der Waals surface area contributed by atoms with Gasteiger partial charge in [0.25, 0.3) is 0 Å². The largest absolute Gasteiger partial charge is 0.463 e. The maximum Gasteiger partial charge on any atom is 0.330 e. The van der Waals surface area contributed by atoms with Crippen molar-refractivity contribution in [3.8, 4) is 11.1 Å². The Bertz CT molecular complexity index is 1090. The Morgan fingerprint density at radius 2 is 2.03 bits per heavy atom. The van der Waals surface area contributed by atoms with Crippen LogP contribution in [0.25, 0.3) is 17.2 Å². The van der Waals surface area contributed by atoms with Crippen LogP contribution in [0.4, 0.5) is 4.39 Å². The lowest BCUT2D eigenvalue weighted by atomic mass is 9.96. The van der Waals surface area contributed by atoms with Crippen LogP contribution >= 0.6 is 0 Å².